The lowest BCUT2D eigenvalue weighted by molar-refractivity contribution is -0.146. The van der Waals surface area contributed by atoms with Crippen LogP contribution >= 0.6 is 0 Å². The fourth-order valence-electron chi connectivity index (χ4n) is 4.16. The van der Waals surface area contributed by atoms with E-state index in [0.29, 0.717) is 5.92 Å². The molecular formula is C17H32N2O2. The van der Waals surface area contributed by atoms with Crippen molar-refractivity contribution in [3.63, 3.8) is 0 Å². The van der Waals surface area contributed by atoms with Crippen molar-refractivity contribution in [1.82, 2.24) is 9.80 Å². The molecule has 1 aliphatic carbocycles. The predicted molar refractivity (Wildman–Crippen MR) is 85.4 cm³/mol. The third kappa shape index (κ3) is 4.43. The van der Waals surface area contributed by atoms with Crippen LogP contribution in [0.1, 0.15) is 45.4 Å². The highest BCUT2D eigenvalue weighted by Crippen LogP contribution is 2.34. The second-order valence-electron chi connectivity index (χ2n) is 7.29. The average molecular weight is 296 g/mol. The monoisotopic (exact) mass is 296 g/mol. The van der Waals surface area contributed by atoms with Crippen molar-refractivity contribution in [3.8, 4) is 0 Å². The van der Waals surface area contributed by atoms with Gasteiger partial charge in [-0.05, 0) is 71.1 Å². The summed E-state index contributed by atoms with van der Waals surface area (Å²) in [6.07, 6.45) is 6.70. The Morgan fingerprint density at radius 3 is 2.43 bits per heavy atom. The van der Waals surface area contributed by atoms with E-state index in [0.717, 1.165) is 31.7 Å². The second-order valence-corrected chi connectivity index (χ2v) is 7.29. The molecular weight excluding hydrogens is 264 g/mol. The Morgan fingerprint density at radius 2 is 1.86 bits per heavy atom. The van der Waals surface area contributed by atoms with Crippen LogP contribution in [0.25, 0.3) is 0 Å². The first-order valence-corrected chi connectivity index (χ1v) is 8.62. The van der Waals surface area contributed by atoms with Gasteiger partial charge in [-0.25, -0.2) is 0 Å². The summed E-state index contributed by atoms with van der Waals surface area (Å²) >= 11 is 0. The standard InChI is InChI=1S/C17H32N2O2/c1-4-13-5-6-15(17(20)21)16(11-13)19(3)12-14-7-9-18(2)10-8-14/h13-16H,4-12H2,1-3H3,(H,20,21). The van der Waals surface area contributed by atoms with E-state index in [9.17, 15) is 9.90 Å². The summed E-state index contributed by atoms with van der Waals surface area (Å²) < 4.78 is 0. The lowest BCUT2D eigenvalue weighted by atomic mass is 9.76. The third-order valence-electron chi connectivity index (χ3n) is 5.77. The van der Waals surface area contributed by atoms with Gasteiger partial charge in [0.1, 0.15) is 0 Å². The molecule has 0 aromatic carbocycles. The minimum absolute atomic E-state index is 0.163. The quantitative estimate of drug-likeness (QED) is 0.847. The molecule has 4 heteroatoms. The predicted octanol–water partition coefficient (Wildman–Crippen LogP) is 2.54. The van der Waals surface area contributed by atoms with Crippen molar-refractivity contribution in [2.24, 2.45) is 17.8 Å². The van der Waals surface area contributed by atoms with Gasteiger partial charge in [0, 0.05) is 12.6 Å². The first kappa shape index (κ1) is 16.8. The zero-order valence-corrected chi connectivity index (χ0v) is 13.9. The molecule has 0 aromatic rings. The molecule has 1 heterocycles. The molecule has 1 N–H and O–H groups in total. The van der Waals surface area contributed by atoms with E-state index >= 15 is 0 Å². The van der Waals surface area contributed by atoms with E-state index in [4.69, 9.17) is 0 Å². The van der Waals surface area contributed by atoms with Crippen molar-refractivity contribution in [2.75, 3.05) is 33.7 Å². The molecule has 2 rings (SSSR count). The number of carbonyl (C=O) groups is 1. The van der Waals surface area contributed by atoms with E-state index in [2.05, 4.69) is 30.8 Å². The number of carboxylic acid groups (broad SMARTS) is 1. The van der Waals surface area contributed by atoms with Gasteiger partial charge in [0.2, 0.25) is 0 Å². The smallest absolute Gasteiger partial charge is 0.308 e. The Morgan fingerprint density at radius 1 is 1.19 bits per heavy atom. The summed E-state index contributed by atoms with van der Waals surface area (Å²) in [7, 11) is 4.34. The molecule has 4 nitrogen and oxygen atoms in total. The maximum absolute atomic E-state index is 11.6. The van der Waals surface area contributed by atoms with Gasteiger partial charge in [0.25, 0.3) is 0 Å². The molecule has 0 bridgehead atoms. The fourth-order valence-corrected chi connectivity index (χ4v) is 4.16. The third-order valence-corrected chi connectivity index (χ3v) is 5.77. The summed E-state index contributed by atoms with van der Waals surface area (Å²) in [6, 6.07) is 0.237. The Hall–Kier alpha value is -0.610. The molecule has 0 aromatic heterocycles. The first-order chi connectivity index (χ1) is 10.0. The van der Waals surface area contributed by atoms with Gasteiger partial charge >= 0.3 is 5.97 Å². The van der Waals surface area contributed by atoms with Gasteiger partial charge in [0.15, 0.2) is 0 Å². The topological polar surface area (TPSA) is 43.8 Å². The molecule has 3 atom stereocenters. The number of likely N-dealkylation sites (tertiary alicyclic amines) is 1. The van der Waals surface area contributed by atoms with Crippen molar-refractivity contribution in [3.05, 3.63) is 0 Å². The lowest BCUT2D eigenvalue weighted by Gasteiger charge is -2.41. The van der Waals surface area contributed by atoms with Gasteiger partial charge in [-0.15, -0.1) is 0 Å². The zero-order valence-electron chi connectivity index (χ0n) is 13.9. The maximum atomic E-state index is 11.6. The molecule has 2 fully saturated rings. The number of hydrogen-bond acceptors (Lipinski definition) is 3. The SMILES string of the molecule is CCC1CCC(C(=O)O)C(N(C)CC2CCN(C)CC2)C1. The van der Waals surface area contributed by atoms with Crippen molar-refractivity contribution in [2.45, 2.75) is 51.5 Å². The minimum Gasteiger partial charge on any atom is -0.481 e. The van der Waals surface area contributed by atoms with Crippen LogP contribution < -0.4 is 0 Å². The molecule has 122 valence electrons. The summed E-state index contributed by atoms with van der Waals surface area (Å²) in [5.41, 5.74) is 0. The summed E-state index contributed by atoms with van der Waals surface area (Å²) in [6.45, 7) is 5.67. The number of rotatable bonds is 5. The fraction of sp³-hybridized carbons (Fsp3) is 0.941. The van der Waals surface area contributed by atoms with E-state index < -0.39 is 5.97 Å². The number of aliphatic carboxylic acids is 1. The van der Waals surface area contributed by atoms with E-state index in [1.807, 2.05) is 0 Å². The molecule has 3 unspecified atom stereocenters. The number of piperidine rings is 1. The highest BCUT2D eigenvalue weighted by Gasteiger charge is 2.37. The van der Waals surface area contributed by atoms with Gasteiger partial charge in [0.05, 0.1) is 5.92 Å². The Balaban J connectivity index is 1.93. The number of hydrogen-bond donors (Lipinski definition) is 1. The van der Waals surface area contributed by atoms with Gasteiger partial charge in [-0.3, -0.25) is 4.79 Å². The van der Waals surface area contributed by atoms with Crippen LogP contribution in [0.3, 0.4) is 0 Å². The average Bonchev–Trinajstić information content (AvgIpc) is 2.48. The zero-order chi connectivity index (χ0) is 15.4. The molecule has 2 aliphatic rings. The van der Waals surface area contributed by atoms with E-state index in [-0.39, 0.29) is 12.0 Å². The molecule has 1 saturated carbocycles. The van der Waals surface area contributed by atoms with Crippen LogP contribution in [0, 0.1) is 17.8 Å². The van der Waals surface area contributed by atoms with Crippen LogP contribution in [-0.2, 0) is 4.79 Å². The summed E-state index contributed by atoms with van der Waals surface area (Å²) in [5.74, 6) is 0.696. The second kappa shape index (κ2) is 7.59. The minimum atomic E-state index is -0.593. The van der Waals surface area contributed by atoms with E-state index in [1.165, 1.54) is 32.4 Å². The maximum Gasteiger partial charge on any atom is 0.308 e. The highest BCUT2D eigenvalue weighted by atomic mass is 16.4. The van der Waals surface area contributed by atoms with Gasteiger partial charge in [-0.2, -0.15) is 0 Å². The molecule has 1 aliphatic heterocycles. The van der Waals surface area contributed by atoms with Crippen molar-refractivity contribution >= 4 is 5.97 Å². The number of carboxylic acids is 1. The Labute approximate surface area is 129 Å². The molecule has 21 heavy (non-hydrogen) atoms. The lowest BCUT2D eigenvalue weighted by Crippen LogP contribution is -2.48. The van der Waals surface area contributed by atoms with Gasteiger partial charge < -0.3 is 14.9 Å². The Bertz CT molecular complexity index is 340. The van der Waals surface area contributed by atoms with Crippen LogP contribution in [0.5, 0.6) is 0 Å². The normalized spacial score (nSPS) is 32.5. The van der Waals surface area contributed by atoms with Crippen molar-refractivity contribution in [1.29, 1.82) is 0 Å². The van der Waals surface area contributed by atoms with Crippen LogP contribution in [0.15, 0.2) is 0 Å². The van der Waals surface area contributed by atoms with Gasteiger partial charge in [-0.1, -0.05) is 13.3 Å². The van der Waals surface area contributed by atoms with Crippen LogP contribution in [0.2, 0.25) is 0 Å². The van der Waals surface area contributed by atoms with Crippen LogP contribution in [-0.4, -0.2) is 60.6 Å². The summed E-state index contributed by atoms with van der Waals surface area (Å²) in [5, 5.41) is 9.52. The van der Waals surface area contributed by atoms with Crippen LogP contribution in [0.4, 0.5) is 0 Å². The Kier molecular flexibility index (Phi) is 6.06. The van der Waals surface area contributed by atoms with Crippen molar-refractivity contribution < 1.29 is 9.90 Å². The summed E-state index contributed by atoms with van der Waals surface area (Å²) in [4.78, 5) is 16.3. The largest absolute Gasteiger partial charge is 0.481 e. The highest BCUT2D eigenvalue weighted by molar-refractivity contribution is 5.71. The van der Waals surface area contributed by atoms with E-state index in [1.54, 1.807) is 0 Å². The number of nitrogens with zero attached hydrogens (tertiary/aromatic N) is 2. The molecule has 0 radical (unpaired) electrons. The molecule has 0 amide bonds. The first-order valence-electron chi connectivity index (χ1n) is 8.62. The molecule has 0 spiro atoms. The molecule has 1 saturated heterocycles.